The van der Waals surface area contributed by atoms with Crippen LogP contribution in [0.2, 0.25) is 5.02 Å². The molecule has 0 unspecified atom stereocenters. The molecule has 1 aliphatic heterocycles. The molecule has 0 aromatic heterocycles. The van der Waals surface area contributed by atoms with E-state index in [1.54, 1.807) is 4.90 Å². The van der Waals surface area contributed by atoms with E-state index in [-0.39, 0.29) is 29.1 Å². The second-order valence-corrected chi connectivity index (χ2v) is 4.51. The molecule has 92 valence electrons. The summed E-state index contributed by atoms with van der Waals surface area (Å²) in [6.45, 7) is 0.558. The minimum absolute atomic E-state index is 0.0510. The third kappa shape index (κ3) is 2.42. The lowest BCUT2D eigenvalue weighted by Crippen LogP contribution is -2.37. The van der Waals surface area contributed by atoms with E-state index in [9.17, 15) is 9.18 Å². The van der Waals surface area contributed by atoms with Gasteiger partial charge in [0.25, 0.3) is 5.91 Å². The Hall–Kier alpha value is -1.13. The van der Waals surface area contributed by atoms with Gasteiger partial charge >= 0.3 is 0 Å². The molecule has 2 rings (SSSR count). The lowest BCUT2D eigenvalue weighted by atomic mass is 10.1. The van der Waals surface area contributed by atoms with E-state index in [1.165, 1.54) is 12.1 Å². The normalized spacial score (nSPS) is 19.7. The number of amides is 1. The Labute approximate surface area is 104 Å². The molecule has 0 bridgehead atoms. The molecule has 1 atom stereocenters. The Morgan fingerprint density at radius 1 is 1.59 bits per heavy atom. The molecule has 0 saturated carbocycles. The Morgan fingerprint density at radius 2 is 2.35 bits per heavy atom. The van der Waals surface area contributed by atoms with Gasteiger partial charge in [-0.3, -0.25) is 4.79 Å². The maximum Gasteiger partial charge on any atom is 0.255 e. The van der Waals surface area contributed by atoms with E-state index in [1.807, 2.05) is 0 Å². The van der Waals surface area contributed by atoms with Crippen LogP contribution in [0.15, 0.2) is 18.2 Å². The molecule has 1 aliphatic rings. The zero-order valence-electron chi connectivity index (χ0n) is 9.20. The number of halogens is 2. The molecule has 0 spiro atoms. The third-order valence-electron chi connectivity index (χ3n) is 3.01. The zero-order valence-corrected chi connectivity index (χ0v) is 9.95. The summed E-state index contributed by atoms with van der Waals surface area (Å²) in [4.78, 5) is 13.8. The number of rotatable bonds is 2. The van der Waals surface area contributed by atoms with Crippen LogP contribution in [0.1, 0.15) is 23.2 Å². The van der Waals surface area contributed by atoms with Crippen LogP contribution in [-0.4, -0.2) is 35.1 Å². The van der Waals surface area contributed by atoms with E-state index < -0.39 is 5.82 Å². The first-order valence-electron chi connectivity index (χ1n) is 5.50. The van der Waals surface area contributed by atoms with Gasteiger partial charge in [0.1, 0.15) is 5.82 Å². The van der Waals surface area contributed by atoms with Crippen molar-refractivity contribution in [1.29, 1.82) is 0 Å². The van der Waals surface area contributed by atoms with Gasteiger partial charge in [-0.15, -0.1) is 0 Å². The number of nitrogens with zero attached hydrogens (tertiary/aromatic N) is 1. The van der Waals surface area contributed by atoms with Crippen LogP contribution in [0.5, 0.6) is 0 Å². The molecule has 1 heterocycles. The molecule has 1 fully saturated rings. The van der Waals surface area contributed by atoms with Crippen molar-refractivity contribution in [3.05, 3.63) is 34.6 Å². The maximum absolute atomic E-state index is 12.9. The fraction of sp³-hybridized carbons (Fsp3) is 0.417. The SMILES string of the molecule is O=C(c1ccc(F)cc1Cl)N1CCC[C@H]1CO. The number of aliphatic hydroxyl groups is 1. The second kappa shape index (κ2) is 5.02. The molecule has 5 heteroatoms. The predicted molar refractivity (Wildman–Crippen MR) is 62.6 cm³/mol. The Morgan fingerprint density at radius 3 is 3.00 bits per heavy atom. The highest BCUT2D eigenvalue weighted by Crippen LogP contribution is 2.24. The lowest BCUT2D eigenvalue weighted by Gasteiger charge is -2.23. The number of aliphatic hydroxyl groups excluding tert-OH is 1. The molecule has 1 aromatic carbocycles. The minimum atomic E-state index is -0.466. The lowest BCUT2D eigenvalue weighted by molar-refractivity contribution is 0.0678. The molecule has 0 aliphatic carbocycles. The van der Waals surface area contributed by atoms with Gasteiger partial charge in [-0.1, -0.05) is 11.6 Å². The number of carbonyl (C=O) groups excluding carboxylic acids is 1. The molecule has 0 radical (unpaired) electrons. The topological polar surface area (TPSA) is 40.5 Å². The summed E-state index contributed by atoms with van der Waals surface area (Å²) < 4.78 is 12.9. The quantitative estimate of drug-likeness (QED) is 0.881. The van der Waals surface area contributed by atoms with Gasteiger partial charge in [0.05, 0.1) is 23.2 Å². The molecule has 1 amide bonds. The van der Waals surface area contributed by atoms with Gasteiger partial charge in [0.15, 0.2) is 0 Å². The molecule has 17 heavy (non-hydrogen) atoms. The molecule has 3 nitrogen and oxygen atoms in total. The van der Waals surface area contributed by atoms with E-state index >= 15 is 0 Å². The standard InChI is InChI=1S/C12H13ClFNO2/c13-11-6-8(14)3-4-10(11)12(17)15-5-1-2-9(15)7-16/h3-4,6,9,16H,1-2,5,7H2/t9-/m0/s1. The number of hydrogen-bond donors (Lipinski definition) is 1. The van der Waals surface area contributed by atoms with Crippen molar-refractivity contribution in [2.45, 2.75) is 18.9 Å². The Balaban J connectivity index is 2.24. The summed E-state index contributed by atoms with van der Waals surface area (Å²) in [6, 6.07) is 3.57. The van der Waals surface area contributed by atoms with E-state index in [0.29, 0.717) is 6.54 Å². The monoisotopic (exact) mass is 257 g/mol. The highest BCUT2D eigenvalue weighted by atomic mass is 35.5. The van der Waals surface area contributed by atoms with Gasteiger partial charge < -0.3 is 10.0 Å². The molecular weight excluding hydrogens is 245 g/mol. The van der Waals surface area contributed by atoms with Gasteiger partial charge in [0, 0.05) is 6.54 Å². The average molecular weight is 258 g/mol. The maximum atomic E-state index is 12.9. The first kappa shape index (κ1) is 12.3. The van der Waals surface area contributed by atoms with Crippen molar-refractivity contribution in [2.24, 2.45) is 0 Å². The largest absolute Gasteiger partial charge is 0.394 e. The molecular formula is C12H13ClFNO2. The Bertz CT molecular complexity index is 439. The number of benzene rings is 1. The van der Waals surface area contributed by atoms with Gasteiger partial charge in [-0.2, -0.15) is 0 Å². The van der Waals surface area contributed by atoms with E-state index in [0.717, 1.165) is 18.9 Å². The van der Waals surface area contributed by atoms with Crippen LogP contribution in [0.3, 0.4) is 0 Å². The number of carbonyl (C=O) groups is 1. The molecule has 1 N–H and O–H groups in total. The van der Waals surface area contributed by atoms with E-state index in [2.05, 4.69) is 0 Å². The fourth-order valence-corrected chi connectivity index (χ4v) is 2.36. The van der Waals surface area contributed by atoms with Crippen molar-refractivity contribution < 1.29 is 14.3 Å². The highest BCUT2D eigenvalue weighted by molar-refractivity contribution is 6.33. The van der Waals surface area contributed by atoms with Crippen molar-refractivity contribution in [2.75, 3.05) is 13.2 Å². The molecule has 1 aromatic rings. The second-order valence-electron chi connectivity index (χ2n) is 4.10. The average Bonchev–Trinajstić information content (AvgIpc) is 2.76. The van der Waals surface area contributed by atoms with Gasteiger partial charge in [0.2, 0.25) is 0 Å². The van der Waals surface area contributed by atoms with Gasteiger partial charge in [-0.25, -0.2) is 4.39 Å². The van der Waals surface area contributed by atoms with E-state index in [4.69, 9.17) is 16.7 Å². The first-order chi connectivity index (χ1) is 8.13. The summed E-state index contributed by atoms with van der Waals surface area (Å²) in [5, 5.41) is 9.27. The van der Waals surface area contributed by atoms with Crippen molar-refractivity contribution >= 4 is 17.5 Å². The van der Waals surface area contributed by atoms with Crippen molar-refractivity contribution in [3.8, 4) is 0 Å². The third-order valence-corrected chi connectivity index (χ3v) is 3.32. The summed E-state index contributed by atoms with van der Waals surface area (Å²) >= 11 is 5.84. The zero-order chi connectivity index (χ0) is 12.4. The van der Waals surface area contributed by atoms with Gasteiger partial charge in [-0.05, 0) is 31.0 Å². The molecule has 1 saturated heterocycles. The first-order valence-corrected chi connectivity index (χ1v) is 5.88. The van der Waals surface area contributed by atoms with Crippen LogP contribution in [-0.2, 0) is 0 Å². The van der Waals surface area contributed by atoms with Crippen LogP contribution in [0.25, 0.3) is 0 Å². The van der Waals surface area contributed by atoms with Crippen LogP contribution < -0.4 is 0 Å². The number of likely N-dealkylation sites (tertiary alicyclic amines) is 1. The van der Waals surface area contributed by atoms with Crippen LogP contribution >= 0.6 is 11.6 Å². The highest BCUT2D eigenvalue weighted by Gasteiger charge is 2.29. The summed E-state index contributed by atoms with van der Waals surface area (Å²) in [6.07, 6.45) is 1.66. The summed E-state index contributed by atoms with van der Waals surface area (Å²) in [5.74, 6) is -0.710. The number of hydrogen-bond acceptors (Lipinski definition) is 2. The minimum Gasteiger partial charge on any atom is -0.394 e. The van der Waals surface area contributed by atoms with Crippen molar-refractivity contribution in [3.63, 3.8) is 0 Å². The Kier molecular flexibility index (Phi) is 3.64. The summed E-state index contributed by atoms with van der Waals surface area (Å²) in [7, 11) is 0. The smallest absolute Gasteiger partial charge is 0.255 e. The fourth-order valence-electron chi connectivity index (χ4n) is 2.11. The van der Waals surface area contributed by atoms with Crippen LogP contribution in [0.4, 0.5) is 4.39 Å². The van der Waals surface area contributed by atoms with Crippen LogP contribution in [0, 0.1) is 5.82 Å². The predicted octanol–water partition coefficient (Wildman–Crippen LogP) is 2.08. The summed E-state index contributed by atoms with van der Waals surface area (Å²) in [5.41, 5.74) is 0.286. The van der Waals surface area contributed by atoms with Crippen molar-refractivity contribution in [1.82, 2.24) is 4.90 Å².